The minimum absolute atomic E-state index is 0.278. The van der Waals surface area contributed by atoms with E-state index < -0.39 is 0 Å². The van der Waals surface area contributed by atoms with Crippen LogP contribution in [0.5, 0.6) is 0 Å². The van der Waals surface area contributed by atoms with Crippen molar-refractivity contribution < 1.29 is 8.98 Å². The fourth-order valence-electron chi connectivity index (χ4n) is 1.64. The number of rotatable bonds is 4. The third-order valence-corrected chi connectivity index (χ3v) is 3.22. The second-order valence-corrected chi connectivity index (χ2v) is 5.18. The van der Waals surface area contributed by atoms with Gasteiger partial charge < -0.3 is 4.18 Å². The van der Waals surface area contributed by atoms with E-state index in [1.807, 2.05) is 18.2 Å². The number of pyridine rings is 1. The zero-order valence-electron chi connectivity index (χ0n) is 11.5. The van der Waals surface area contributed by atoms with Gasteiger partial charge in [0.25, 0.3) is 0 Å². The molecule has 0 atom stereocenters. The lowest BCUT2D eigenvalue weighted by Gasteiger charge is -2.11. The zero-order chi connectivity index (χ0) is 14.5. The Morgan fingerprint density at radius 2 is 2.10 bits per heavy atom. The van der Waals surface area contributed by atoms with Crippen LogP contribution in [0.25, 0.3) is 11.4 Å². The van der Waals surface area contributed by atoms with Gasteiger partial charge in [0.05, 0.1) is 11.4 Å². The molecule has 6 heteroatoms. The minimum Gasteiger partial charge on any atom is -0.383 e. The predicted molar refractivity (Wildman–Crippen MR) is 77.0 cm³/mol. The van der Waals surface area contributed by atoms with E-state index in [4.69, 9.17) is 4.18 Å². The lowest BCUT2D eigenvalue weighted by atomic mass is 10.0. The first-order chi connectivity index (χ1) is 9.58. The molecule has 0 fully saturated rings. The largest absolute Gasteiger partial charge is 0.383 e. The van der Waals surface area contributed by atoms with Gasteiger partial charge in [-0.3, -0.25) is 9.78 Å². The van der Waals surface area contributed by atoms with Crippen LogP contribution >= 0.6 is 12.0 Å². The summed E-state index contributed by atoms with van der Waals surface area (Å²) in [6, 6.07) is 5.66. The van der Waals surface area contributed by atoms with Crippen LogP contribution in [-0.4, -0.2) is 20.9 Å². The first-order valence-corrected chi connectivity index (χ1v) is 6.95. The van der Waals surface area contributed by atoms with E-state index in [-0.39, 0.29) is 11.9 Å². The highest BCUT2D eigenvalue weighted by molar-refractivity contribution is 7.94. The summed E-state index contributed by atoms with van der Waals surface area (Å²) in [5.41, 5.74) is 2.56. The number of carbonyl (C=O) groups is 1. The first-order valence-electron chi connectivity index (χ1n) is 6.21. The van der Waals surface area contributed by atoms with Crippen LogP contribution in [0.15, 0.2) is 35.7 Å². The Kier molecular flexibility index (Phi) is 4.68. The van der Waals surface area contributed by atoms with Crippen molar-refractivity contribution in [1.82, 2.24) is 15.0 Å². The average Bonchev–Trinajstić information content (AvgIpc) is 2.45. The standard InChI is InChI=1S/C14H15N3O2S/c1-9(2)11-8-16-14(20-19-10(3)18)17-13(11)12-6-4-5-7-15-12/h4-9H,1-3H3. The third-order valence-electron chi connectivity index (χ3n) is 2.56. The van der Waals surface area contributed by atoms with Crippen molar-refractivity contribution in [2.75, 3.05) is 0 Å². The van der Waals surface area contributed by atoms with Crippen LogP contribution < -0.4 is 0 Å². The topological polar surface area (TPSA) is 65.0 Å². The van der Waals surface area contributed by atoms with Crippen molar-refractivity contribution in [2.24, 2.45) is 0 Å². The van der Waals surface area contributed by atoms with Crippen LogP contribution in [-0.2, 0) is 8.98 Å². The maximum Gasteiger partial charge on any atom is 0.315 e. The van der Waals surface area contributed by atoms with Crippen LogP contribution in [0, 0.1) is 0 Å². The molecule has 0 radical (unpaired) electrons. The summed E-state index contributed by atoms with van der Waals surface area (Å²) in [4.78, 5) is 23.8. The van der Waals surface area contributed by atoms with E-state index in [9.17, 15) is 4.79 Å². The van der Waals surface area contributed by atoms with Gasteiger partial charge in [0.2, 0.25) is 5.16 Å². The quantitative estimate of drug-likeness (QED) is 0.636. The lowest BCUT2D eigenvalue weighted by molar-refractivity contribution is -0.130. The molecule has 104 valence electrons. The average molecular weight is 289 g/mol. The molecule has 0 aliphatic heterocycles. The van der Waals surface area contributed by atoms with Gasteiger partial charge in [-0.05, 0) is 18.1 Å². The number of aromatic nitrogens is 3. The Hall–Kier alpha value is -1.95. The molecule has 0 amide bonds. The number of hydrogen-bond donors (Lipinski definition) is 0. The highest BCUT2D eigenvalue weighted by Crippen LogP contribution is 2.27. The molecule has 0 saturated heterocycles. The molecule has 2 rings (SSSR count). The maximum atomic E-state index is 10.8. The highest BCUT2D eigenvalue weighted by Gasteiger charge is 2.14. The molecule has 0 saturated carbocycles. The molecule has 2 aromatic rings. The van der Waals surface area contributed by atoms with E-state index in [0.717, 1.165) is 29.0 Å². The number of carbonyl (C=O) groups excluding carboxylic acids is 1. The van der Waals surface area contributed by atoms with E-state index in [1.54, 1.807) is 12.4 Å². The Balaban J connectivity index is 2.40. The Morgan fingerprint density at radius 1 is 1.30 bits per heavy atom. The molecule has 20 heavy (non-hydrogen) atoms. The van der Waals surface area contributed by atoms with Gasteiger partial charge in [0.1, 0.15) is 12.0 Å². The molecule has 0 spiro atoms. The molecule has 0 aliphatic rings. The van der Waals surface area contributed by atoms with Gasteiger partial charge in [-0.15, -0.1) is 0 Å². The third kappa shape index (κ3) is 3.54. The molecule has 5 nitrogen and oxygen atoms in total. The number of hydrogen-bond acceptors (Lipinski definition) is 6. The summed E-state index contributed by atoms with van der Waals surface area (Å²) < 4.78 is 4.85. The van der Waals surface area contributed by atoms with Gasteiger partial charge in [-0.2, -0.15) is 0 Å². The fourth-order valence-corrected chi connectivity index (χ4v) is 2.06. The van der Waals surface area contributed by atoms with Gasteiger partial charge in [0.15, 0.2) is 0 Å². The maximum absolute atomic E-state index is 10.8. The van der Waals surface area contributed by atoms with Crippen molar-refractivity contribution >= 4 is 18.0 Å². The summed E-state index contributed by atoms with van der Waals surface area (Å²) in [6.45, 7) is 5.49. The van der Waals surface area contributed by atoms with E-state index in [2.05, 4.69) is 28.8 Å². The molecule has 0 aliphatic carbocycles. The summed E-state index contributed by atoms with van der Waals surface area (Å²) in [5, 5.41) is 0.394. The lowest BCUT2D eigenvalue weighted by Crippen LogP contribution is -2.01. The minimum atomic E-state index is -0.383. The van der Waals surface area contributed by atoms with E-state index in [1.165, 1.54) is 6.92 Å². The monoisotopic (exact) mass is 289 g/mol. The van der Waals surface area contributed by atoms with Crippen LogP contribution in [0.3, 0.4) is 0 Å². The molecule has 0 N–H and O–H groups in total. The van der Waals surface area contributed by atoms with E-state index >= 15 is 0 Å². The Labute approximate surface area is 122 Å². The normalized spacial score (nSPS) is 10.6. The van der Waals surface area contributed by atoms with Crippen molar-refractivity contribution in [3.8, 4) is 11.4 Å². The molecule has 2 heterocycles. The van der Waals surface area contributed by atoms with Crippen molar-refractivity contribution in [2.45, 2.75) is 31.8 Å². The van der Waals surface area contributed by atoms with Crippen molar-refractivity contribution in [3.05, 3.63) is 36.2 Å². The van der Waals surface area contributed by atoms with Gasteiger partial charge in [0, 0.05) is 24.9 Å². The predicted octanol–water partition coefficient (Wildman–Crippen LogP) is 3.23. The molecular weight excluding hydrogens is 274 g/mol. The smallest absolute Gasteiger partial charge is 0.315 e. The second kappa shape index (κ2) is 6.47. The first kappa shape index (κ1) is 14.5. The second-order valence-electron chi connectivity index (χ2n) is 4.48. The van der Waals surface area contributed by atoms with Gasteiger partial charge >= 0.3 is 5.97 Å². The Morgan fingerprint density at radius 3 is 2.70 bits per heavy atom. The highest BCUT2D eigenvalue weighted by atomic mass is 32.2. The summed E-state index contributed by atoms with van der Waals surface area (Å²) in [7, 11) is 0. The fraction of sp³-hybridized carbons (Fsp3) is 0.286. The van der Waals surface area contributed by atoms with Crippen LogP contribution in [0.1, 0.15) is 32.3 Å². The summed E-state index contributed by atoms with van der Waals surface area (Å²) in [5.74, 6) is -0.106. The summed E-state index contributed by atoms with van der Waals surface area (Å²) >= 11 is 0.858. The molecular formula is C14H15N3O2S. The summed E-state index contributed by atoms with van der Waals surface area (Å²) in [6.07, 6.45) is 3.48. The van der Waals surface area contributed by atoms with Crippen molar-refractivity contribution in [1.29, 1.82) is 0 Å². The number of nitrogens with zero attached hydrogens (tertiary/aromatic N) is 3. The SMILES string of the molecule is CC(=O)OSc1ncc(C(C)C)c(-c2ccccn2)n1. The molecule has 2 aromatic heterocycles. The van der Waals surface area contributed by atoms with Gasteiger partial charge in [-0.1, -0.05) is 19.9 Å². The molecule has 0 aromatic carbocycles. The van der Waals surface area contributed by atoms with E-state index in [0.29, 0.717) is 5.16 Å². The molecule has 0 unspecified atom stereocenters. The van der Waals surface area contributed by atoms with Crippen LogP contribution in [0.2, 0.25) is 0 Å². The van der Waals surface area contributed by atoms with Crippen molar-refractivity contribution in [3.63, 3.8) is 0 Å². The Bertz CT molecular complexity index is 603. The zero-order valence-corrected chi connectivity index (χ0v) is 12.3. The van der Waals surface area contributed by atoms with Crippen LogP contribution in [0.4, 0.5) is 0 Å². The van der Waals surface area contributed by atoms with Gasteiger partial charge in [-0.25, -0.2) is 9.97 Å². The molecule has 0 bridgehead atoms.